The lowest BCUT2D eigenvalue weighted by molar-refractivity contribution is 0.0954. The Morgan fingerprint density at radius 3 is 2.67 bits per heavy atom. The zero-order valence-electron chi connectivity index (χ0n) is 10.2. The van der Waals surface area contributed by atoms with Gasteiger partial charge in [-0.2, -0.15) is 0 Å². The Bertz CT molecular complexity index is 561. The van der Waals surface area contributed by atoms with Crippen molar-refractivity contribution in [3.63, 3.8) is 0 Å². The van der Waals surface area contributed by atoms with Crippen LogP contribution in [0.5, 0.6) is 0 Å². The van der Waals surface area contributed by atoms with Crippen molar-refractivity contribution in [2.75, 3.05) is 0 Å². The van der Waals surface area contributed by atoms with Crippen LogP contribution in [-0.2, 0) is 0 Å². The molecule has 0 saturated heterocycles. The van der Waals surface area contributed by atoms with E-state index in [1.54, 1.807) is 11.3 Å². The number of benzene rings is 1. The third kappa shape index (κ3) is 2.31. The Morgan fingerprint density at radius 1 is 1.22 bits per heavy atom. The fourth-order valence-electron chi connectivity index (χ4n) is 2.22. The SMILES string of the molecule is Cc1ccc(C(=O)N[C@H]2C[C@@H]2c2ccccc2)s1. The molecule has 2 aromatic rings. The van der Waals surface area contributed by atoms with Crippen LogP contribution in [0.15, 0.2) is 42.5 Å². The van der Waals surface area contributed by atoms with Crippen LogP contribution >= 0.6 is 11.3 Å². The van der Waals surface area contributed by atoms with E-state index in [1.165, 1.54) is 10.4 Å². The zero-order chi connectivity index (χ0) is 12.5. The third-order valence-corrected chi connectivity index (χ3v) is 4.30. The van der Waals surface area contributed by atoms with E-state index in [9.17, 15) is 4.79 Å². The Morgan fingerprint density at radius 2 is 2.00 bits per heavy atom. The summed E-state index contributed by atoms with van der Waals surface area (Å²) in [5.41, 5.74) is 1.32. The van der Waals surface area contributed by atoms with Gasteiger partial charge in [-0.1, -0.05) is 30.3 Å². The highest BCUT2D eigenvalue weighted by molar-refractivity contribution is 7.13. The molecule has 1 aliphatic carbocycles. The lowest BCUT2D eigenvalue weighted by atomic mass is 10.1. The van der Waals surface area contributed by atoms with Crippen molar-refractivity contribution in [3.05, 3.63) is 57.8 Å². The number of amides is 1. The van der Waals surface area contributed by atoms with E-state index in [4.69, 9.17) is 0 Å². The summed E-state index contributed by atoms with van der Waals surface area (Å²) in [4.78, 5) is 14.0. The molecule has 18 heavy (non-hydrogen) atoms. The maximum Gasteiger partial charge on any atom is 0.261 e. The number of hydrogen-bond acceptors (Lipinski definition) is 2. The largest absolute Gasteiger partial charge is 0.348 e. The van der Waals surface area contributed by atoms with Gasteiger partial charge in [0.25, 0.3) is 5.91 Å². The number of thiophene rings is 1. The molecule has 1 fully saturated rings. The van der Waals surface area contributed by atoms with Gasteiger partial charge in [-0.3, -0.25) is 4.79 Å². The van der Waals surface area contributed by atoms with Gasteiger partial charge in [0.1, 0.15) is 0 Å². The lowest BCUT2D eigenvalue weighted by Gasteiger charge is -2.03. The van der Waals surface area contributed by atoms with E-state index in [2.05, 4.69) is 29.6 Å². The molecule has 3 rings (SSSR count). The van der Waals surface area contributed by atoms with Crippen molar-refractivity contribution in [1.82, 2.24) is 5.32 Å². The van der Waals surface area contributed by atoms with Crippen molar-refractivity contribution in [1.29, 1.82) is 0 Å². The Kier molecular flexibility index (Phi) is 2.92. The van der Waals surface area contributed by atoms with Crippen LogP contribution in [0.25, 0.3) is 0 Å². The smallest absolute Gasteiger partial charge is 0.261 e. The minimum atomic E-state index is 0.0662. The highest BCUT2D eigenvalue weighted by Gasteiger charge is 2.39. The monoisotopic (exact) mass is 257 g/mol. The molecule has 1 aromatic carbocycles. The van der Waals surface area contributed by atoms with Crippen molar-refractivity contribution in [2.45, 2.75) is 25.3 Å². The molecule has 1 saturated carbocycles. The molecule has 0 radical (unpaired) electrons. The van der Waals surface area contributed by atoms with Gasteiger partial charge in [0.05, 0.1) is 4.88 Å². The second kappa shape index (κ2) is 4.58. The number of hydrogen-bond donors (Lipinski definition) is 1. The fourth-order valence-corrected chi connectivity index (χ4v) is 2.99. The Balaban J connectivity index is 1.62. The number of carbonyl (C=O) groups is 1. The van der Waals surface area contributed by atoms with Gasteiger partial charge in [0.15, 0.2) is 0 Å². The zero-order valence-corrected chi connectivity index (χ0v) is 11.0. The molecule has 0 aliphatic heterocycles. The topological polar surface area (TPSA) is 29.1 Å². The van der Waals surface area contributed by atoms with Crippen LogP contribution in [0.3, 0.4) is 0 Å². The molecule has 1 amide bonds. The molecule has 1 N–H and O–H groups in total. The number of carbonyl (C=O) groups excluding carboxylic acids is 1. The molecule has 2 atom stereocenters. The molecule has 1 aromatic heterocycles. The first-order valence-corrected chi connectivity index (χ1v) is 6.98. The van der Waals surface area contributed by atoms with Crippen molar-refractivity contribution in [3.8, 4) is 0 Å². The summed E-state index contributed by atoms with van der Waals surface area (Å²) in [6, 6.07) is 14.6. The molecule has 2 nitrogen and oxygen atoms in total. The first-order chi connectivity index (χ1) is 8.74. The summed E-state index contributed by atoms with van der Waals surface area (Å²) in [5, 5.41) is 3.10. The van der Waals surface area contributed by atoms with Gasteiger partial charge in [0.2, 0.25) is 0 Å². The van der Waals surface area contributed by atoms with Gasteiger partial charge in [-0.15, -0.1) is 11.3 Å². The maximum absolute atomic E-state index is 12.0. The minimum absolute atomic E-state index is 0.0662. The maximum atomic E-state index is 12.0. The van der Waals surface area contributed by atoms with Crippen molar-refractivity contribution in [2.24, 2.45) is 0 Å². The Hall–Kier alpha value is -1.61. The molecule has 0 unspecified atom stereocenters. The van der Waals surface area contributed by atoms with E-state index in [0.717, 1.165) is 11.3 Å². The van der Waals surface area contributed by atoms with Crippen LogP contribution in [0.1, 0.15) is 32.5 Å². The summed E-state index contributed by atoms with van der Waals surface area (Å²) < 4.78 is 0. The molecule has 3 heteroatoms. The predicted octanol–water partition coefficient (Wildman–Crippen LogP) is 3.34. The molecule has 92 valence electrons. The van der Waals surface area contributed by atoms with E-state index in [0.29, 0.717) is 12.0 Å². The number of aryl methyl sites for hydroxylation is 1. The fraction of sp³-hybridized carbons (Fsp3) is 0.267. The second-order valence-corrected chi connectivity index (χ2v) is 6.03. The van der Waals surface area contributed by atoms with Crippen LogP contribution in [-0.4, -0.2) is 11.9 Å². The summed E-state index contributed by atoms with van der Waals surface area (Å²) in [6.07, 6.45) is 1.06. The van der Waals surface area contributed by atoms with Gasteiger partial charge in [-0.25, -0.2) is 0 Å². The first kappa shape index (κ1) is 11.5. The predicted molar refractivity (Wildman–Crippen MR) is 74.1 cm³/mol. The quantitative estimate of drug-likeness (QED) is 0.897. The van der Waals surface area contributed by atoms with E-state index in [1.807, 2.05) is 25.1 Å². The van der Waals surface area contributed by atoms with Gasteiger partial charge >= 0.3 is 0 Å². The molecule has 1 heterocycles. The third-order valence-electron chi connectivity index (χ3n) is 3.30. The van der Waals surface area contributed by atoms with E-state index in [-0.39, 0.29) is 5.91 Å². The molecular weight excluding hydrogens is 242 g/mol. The summed E-state index contributed by atoms with van der Waals surface area (Å²) in [6.45, 7) is 2.02. The lowest BCUT2D eigenvalue weighted by Crippen LogP contribution is -2.25. The van der Waals surface area contributed by atoms with Gasteiger partial charge < -0.3 is 5.32 Å². The van der Waals surface area contributed by atoms with Crippen LogP contribution in [0.4, 0.5) is 0 Å². The van der Waals surface area contributed by atoms with Gasteiger partial charge in [-0.05, 0) is 31.0 Å². The highest BCUT2D eigenvalue weighted by atomic mass is 32.1. The van der Waals surface area contributed by atoms with Crippen molar-refractivity contribution >= 4 is 17.2 Å². The first-order valence-electron chi connectivity index (χ1n) is 6.16. The summed E-state index contributed by atoms with van der Waals surface area (Å²) in [5.74, 6) is 0.563. The van der Waals surface area contributed by atoms with Crippen molar-refractivity contribution < 1.29 is 4.79 Å². The van der Waals surface area contributed by atoms with Crippen LogP contribution in [0.2, 0.25) is 0 Å². The normalized spacial score (nSPS) is 21.6. The molecule has 0 spiro atoms. The van der Waals surface area contributed by atoms with E-state index >= 15 is 0 Å². The number of rotatable bonds is 3. The standard InChI is InChI=1S/C15H15NOS/c1-10-7-8-14(18-10)15(17)16-13-9-12(13)11-5-3-2-4-6-11/h2-8,12-13H,9H2,1H3,(H,16,17)/t12-,13+/m1/s1. The second-order valence-electron chi connectivity index (χ2n) is 4.74. The van der Waals surface area contributed by atoms with Crippen LogP contribution < -0.4 is 5.32 Å². The van der Waals surface area contributed by atoms with E-state index < -0.39 is 0 Å². The molecular formula is C15H15NOS. The Labute approximate surface area is 111 Å². The van der Waals surface area contributed by atoms with Gasteiger partial charge in [0, 0.05) is 16.8 Å². The number of nitrogens with one attached hydrogen (secondary N) is 1. The summed E-state index contributed by atoms with van der Waals surface area (Å²) in [7, 11) is 0. The molecule has 0 bridgehead atoms. The molecule has 1 aliphatic rings. The minimum Gasteiger partial charge on any atom is -0.348 e. The summed E-state index contributed by atoms with van der Waals surface area (Å²) >= 11 is 1.55. The average Bonchev–Trinajstić information content (AvgIpc) is 3.01. The highest BCUT2D eigenvalue weighted by Crippen LogP contribution is 2.40. The van der Waals surface area contributed by atoms with Crippen LogP contribution in [0, 0.1) is 6.92 Å². The average molecular weight is 257 g/mol.